The van der Waals surface area contributed by atoms with Gasteiger partial charge in [-0.1, -0.05) is 0 Å². The van der Waals surface area contributed by atoms with Gasteiger partial charge in [0.05, 0.1) is 0 Å². The SMILES string of the molecule is FC1COC(C(F)(F)F)(C(F)(F)F)O1. The molecule has 2 nitrogen and oxygen atoms in total. The van der Waals surface area contributed by atoms with E-state index in [9.17, 15) is 30.7 Å². The summed E-state index contributed by atoms with van der Waals surface area (Å²) in [6.45, 7) is -1.40. The Morgan fingerprint density at radius 1 is 1.00 bits per heavy atom. The maximum absolute atomic E-state index is 12.1. The Hall–Kier alpha value is -0.570. The fourth-order valence-corrected chi connectivity index (χ4v) is 0.889. The van der Waals surface area contributed by atoms with Gasteiger partial charge in [-0.25, -0.2) is 4.39 Å². The van der Waals surface area contributed by atoms with Gasteiger partial charge in [0.15, 0.2) is 0 Å². The van der Waals surface area contributed by atoms with Crippen LogP contribution in [0, 0.1) is 0 Å². The first kappa shape index (κ1) is 11.5. The van der Waals surface area contributed by atoms with E-state index >= 15 is 0 Å². The second-order valence-corrected chi connectivity index (χ2v) is 2.45. The molecule has 0 aliphatic carbocycles. The van der Waals surface area contributed by atoms with Gasteiger partial charge in [-0.3, -0.25) is 4.74 Å². The number of ether oxygens (including phenoxy) is 2. The smallest absolute Gasteiger partial charge is 0.330 e. The average Bonchev–Trinajstić information content (AvgIpc) is 2.28. The molecule has 0 aromatic carbocycles. The molecule has 0 aromatic heterocycles. The van der Waals surface area contributed by atoms with Crippen LogP contribution in [0.15, 0.2) is 0 Å². The minimum absolute atomic E-state index is 1.40. The molecule has 1 aliphatic rings. The zero-order valence-corrected chi connectivity index (χ0v) is 6.25. The highest BCUT2D eigenvalue weighted by Gasteiger charge is 2.77. The molecule has 0 radical (unpaired) electrons. The summed E-state index contributed by atoms with van der Waals surface area (Å²) in [5.41, 5.74) is 0. The number of rotatable bonds is 0. The van der Waals surface area contributed by atoms with E-state index in [0.717, 1.165) is 0 Å². The lowest BCUT2D eigenvalue weighted by Gasteiger charge is -2.30. The van der Waals surface area contributed by atoms with Crippen LogP contribution < -0.4 is 0 Å². The Kier molecular flexibility index (Phi) is 2.43. The van der Waals surface area contributed by atoms with E-state index in [1.165, 1.54) is 0 Å². The van der Waals surface area contributed by atoms with E-state index in [1.54, 1.807) is 0 Å². The molecule has 1 atom stereocenters. The van der Waals surface area contributed by atoms with Crippen LogP contribution in [0.4, 0.5) is 30.7 Å². The summed E-state index contributed by atoms with van der Waals surface area (Å²) < 4.78 is 90.3. The van der Waals surface area contributed by atoms with Crippen molar-refractivity contribution in [3.8, 4) is 0 Å². The van der Waals surface area contributed by atoms with Gasteiger partial charge in [0.25, 0.3) is 0 Å². The molecule has 0 aromatic rings. The molecule has 1 unspecified atom stereocenters. The zero-order valence-electron chi connectivity index (χ0n) is 6.25. The molecule has 0 spiro atoms. The van der Waals surface area contributed by atoms with E-state index < -0.39 is 31.1 Å². The highest BCUT2D eigenvalue weighted by atomic mass is 19.4. The molecule has 14 heavy (non-hydrogen) atoms. The molecular weight excluding hydrogens is 225 g/mol. The van der Waals surface area contributed by atoms with Gasteiger partial charge < -0.3 is 4.74 Å². The molecule has 9 heteroatoms. The van der Waals surface area contributed by atoms with Gasteiger partial charge in [0, 0.05) is 0 Å². The summed E-state index contributed by atoms with van der Waals surface area (Å²) in [5.74, 6) is -4.83. The maximum atomic E-state index is 12.1. The first-order chi connectivity index (χ1) is 6.10. The van der Waals surface area contributed by atoms with Gasteiger partial charge in [-0.15, -0.1) is 0 Å². The van der Waals surface area contributed by atoms with E-state index in [2.05, 4.69) is 9.47 Å². The molecule has 1 aliphatic heterocycles. The monoisotopic (exact) mass is 228 g/mol. The molecule has 1 heterocycles. The Labute approximate surface area is 72.6 Å². The molecule has 0 bridgehead atoms. The van der Waals surface area contributed by atoms with Crippen molar-refractivity contribution in [1.82, 2.24) is 0 Å². The van der Waals surface area contributed by atoms with Crippen molar-refractivity contribution < 1.29 is 40.2 Å². The van der Waals surface area contributed by atoms with Crippen LogP contribution >= 0.6 is 0 Å². The first-order valence-corrected chi connectivity index (χ1v) is 3.19. The summed E-state index contributed by atoms with van der Waals surface area (Å²) in [5, 5.41) is 0. The van der Waals surface area contributed by atoms with Crippen LogP contribution in [0.3, 0.4) is 0 Å². The highest BCUT2D eigenvalue weighted by Crippen LogP contribution is 2.49. The third kappa shape index (κ3) is 1.54. The number of alkyl halides is 7. The summed E-state index contributed by atoms with van der Waals surface area (Å²) in [6, 6.07) is 0. The standard InChI is InChI=1S/C5H3F7O2/c6-2-1-13-3(14-2,4(7,8)9)5(10,11)12/h2H,1H2. The third-order valence-electron chi connectivity index (χ3n) is 1.46. The summed E-state index contributed by atoms with van der Waals surface area (Å²) in [4.78, 5) is 0. The fourth-order valence-electron chi connectivity index (χ4n) is 0.889. The van der Waals surface area contributed by atoms with Crippen molar-refractivity contribution in [2.75, 3.05) is 6.61 Å². The molecule has 1 saturated heterocycles. The van der Waals surface area contributed by atoms with Gasteiger partial charge in [-0.2, -0.15) is 26.3 Å². The van der Waals surface area contributed by atoms with E-state index in [-0.39, 0.29) is 0 Å². The largest absolute Gasteiger partial charge is 0.453 e. The summed E-state index contributed by atoms with van der Waals surface area (Å²) in [7, 11) is 0. The van der Waals surface area contributed by atoms with E-state index in [1.807, 2.05) is 0 Å². The lowest BCUT2D eigenvalue weighted by Crippen LogP contribution is -2.58. The summed E-state index contributed by atoms with van der Waals surface area (Å²) >= 11 is 0. The second-order valence-electron chi connectivity index (χ2n) is 2.45. The van der Waals surface area contributed by atoms with Crippen LogP contribution in [0.5, 0.6) is 0 Å². The van der Waals surface area contributed by atoms with Crippen LogP contribution in [-0.2, 0) is 9.47 Å². The lowest BCUT2D eigenvalue weighted by atomic mass is 10.2. The van der Waals surface area contributed by atoms with Crippen LogP contribution in [0.2, 0.25) is 0 Å². The van der Waals surface area contributed by atoms with Gasteiger partial charge in [0.2, 0.25) is 6.36 Å². The minimum atomic E-state index is -5.87. The Morgan fingerprint density at radius 2 is 1.43 bits per heavy atom. The molecular formula is C5H3F7O2. The summed E-state index contributed by atoms with van der Waals surface area (Å²) in [6.07, 6.45) is -14.5. The highest BCUT2D eigenvalue weighted by molar-refractivity contribution is 4.90. The molecule has 0 saturated carbocycles. The van der Waals surface area contributed by atoms with Crippen LogP contribution in [0.1, 0.15) is 0 Å². The topological polar surface area (TPSA) is 18.5 Å². The van der Waals surface area contributed by atoms with Crippen molar-refractivity contribution in [1.29, 1.82) is 0 Å². The van der Waals surface area contributed by atoms with E-state index in [4.69, 9.17) is 0 Å². The average molecular weight is 228 g/mol. The van der Waals surface area contributed by atoms with Crippen molar-refractivity contribution in [2.45, 2.75) is 24.5 Å². The number of halogens is 7. The molecule has 1 rings (SSSR count). The lowest BCUT2D eigenvalue weighted by molar-refractivity contribution is -0.446. The van der Waals surface area contributed by atoms with Crippen molar-refractivity contribution in [3.05, 3.63) is 0 Å². The van der Waals surface area contributed by atoms with Crippen LogP contribution in [-0.4, -0.2) is 31.1 Å². The van der Waals surface area contributed by atoms with Gasteiger partial charge in [-0.05, 0) is 0 Å². The van der Waals surface area contributed by atoms with E-state index in [0.29, 0.717) is 0 Å². The van der Waals surface area contributed by atoms with Gasteiger partial charge >= 0.3 is 18.1 Å². The maximum Gasteiger partial charge on any atom is 0.453 e. The van der Waals surface area contributed by atoms with Crippen LogP contribution in [0.25, 0.3) is 0 Å². The molecule has 84 valence electrons. The van der Waals surface area contributed by atoms with Crippen molar-refractivity contribution in [3.63, 3.8) is 0 Å². The zero-order chi connectivity index (χ0) is 11.2. The Morgan fingerprint density at radius 3 is 1.57 bits per heavy atom. The quantitative estimate of drug-likeness (QED) is 0.591. The first-order valence-electron chi connectivity index (χ1n) is 3.19. The fraction of sp³-hybridized carbons (Fsp3) is 1.00. The molecule has 0 N–H and O–H groups in total. The molecule has 0 amide bonds. The normalized spacial score (nSPS) is 28.1. The Balaban J connectivity index is 3.05. The van der Waals surface area contributed by atoms with Crippen molar-refractivity contribution >= 4 is 0 Å². The van der Waals surface area contributed by atoms with Gasteiger partial charge in [0.1, 0.15) is 6.61 Å². The third-order valence-corrected chi connectivity index (χ3v) is 1.46. The predicted octanol–water partition coefficient (Wildman–Crippen LogP) is 2.15. The number of hydrogen-bond acceptors (Lipinski definition) is 2. The predicted molar refractivity (Wildman–Crippen MR) is 26.8 cm³/mol. The number of hydrogen-bond donors (Lipinski definition) is 0. The minimum Gasteiger partial charge on any atom is -0.330 e. The Bertz CT molecular complexity index is 205. The van der Waals surface area contributed by atoms with Crippen molar-refractivity contribution in [2.24, 2.45) is 0 Å². The second kappa shape index (κ2) is 2.96. The molecule has 1 fully saturated rings.